The van der Waals surface area contributed by atoms with E-state index >= 15 is 0 Å². The van der Waals surface area contributed by atoms with Gasteiger partial charge in [0.25, 0.3) is 0 Å². The summed E-state index contributed by atoms with van der Waals surface area (Å²) < 4.78 is 7.17. The average molecular weight is 245 g/mol. The molecule has 5 nitrogen and oxygen atoms in total. The first kappa shape index (κ1) is 11.4. The lowest BCUT2D eigenvalue weighted by Gasteiger charge is -2.17. The molecule has 1 aliphatic heterocycles. The summed E-state index contributed by atoms with van der Waals surface area (Å²) in [6.45, 7) is 0.717. The van der Waals surface area contributed by atoms with Gasteiger partial charge < -0.3 is 9.84 Å². The van der Waals surface area contributed by atoms with Crippen molar-refractivity contribution in [2.75, 3.05) is 6.61 Å². The van der Waals surface area contributed by atoms with Gasteiger partial charge in [0.2, 0.25) is 0 Å². The van der Waals surface area contributed by atoms with Crippen LogP contribution < -0.4 is 0 Å². The van der Waals surface area contributed by atoms with Crippen molar-refractivity contribution in [1.82, 2.24) is 15.0 Å². The maximum absolute atomic E-state index is 10.3. The van der Waals surface area contributed by atoms with E-state index in [-0.39, 0.29) is 6.10 Å². The molecule has 0 amide bonds. The third-order valence-electron chi connectivity index (χ3n) is 3.20. The summed E-state index contributed by atoms with van der Waals surface area (Å²) in [6, 6.07) is 9.66. The lowest BCUT2D eigenvalue weighted by molar-refractivity contribution is -0.00585. The van der Waals surface area contributed by atoms with E-state index in [2.05, 4.69) is 10.3 Å². The van der Waals surface area contributed by atoms with E-state index in [4.69, 9.17) is 4.74 Å². The molecule has 1 saturated heterocycles. The van der Waals surface area contributed by atoms with Gasteiger partial charge in [0.1, 0.15) is 6.10 Å². The topological polar surface area (TPSA) is 60.2 Å². The third-order valence-corrected chi connectivity index (χ3v) is 3.20. The molecule has 0 spiro atoms. The van der Waals surface area contributed by atoms with E-state index in [1.165, 1.54) is 0 Å². The van der Waals surface area contributed by atoms with Gasteiger partial charge in [0.05, 0.1) is 23.7 Å². The second-order valence-electron chi connectivity index (χ2n) is 4.40. The Balaban J connectivity index is 1.91. The highest BCUT2D eigenvalue weighted by atomic mass is 16.5. The van der Waals surface area contributed by atoms with Crippen molar-refractivity contribution in [3.63, 3.8) is 0 Å². The normalized spacial score (nSPS) is 21.1. The first-order valence-corrected chi connectivity index (χ1v) is 6.12. The third kappa shape index (κ3) is 2.02. The van der Waals surface area contributed by atoms with Gasteiger partial charge in [-0.2, -0.15) is 0 Å². The molecule has 2 heterocycles. The average Bonchev–Trinajstić information content (AvgIpc) is 3.10. The van der Waals surface area contributed by atoms with Crippen molar-refractivity contribution >= 4 is 0 Å². The molecule has 0 radical (unpaired) electrons. The van der Waals surface area contributed by atoms with Crippen LogP contribution in [-0.2, 0) is 4.74 Å². The van der Waals surface area contributed by atoms with Crippen LogP contribution >= 0.6 is 0 Å². The fourth-order valence-corrected chi connectivity index (χ4v) is 2.26. The number of para-hydroxylation sites is 1. The summed E-state index contributed by atoms with van der Waals surface area (Å²) in [5.74, 6) is 0. The van der Waals surface area contributed by atoms with E-state index in [9.17, 15) is 5.11 Å². The van der Waals surface area contributed by atoms with Crippen LogP contribution in [0.4, 0.5) is 0 Å². The number of ether oxygens (including phenoxy) is 1. The van der Waals surface area contributed by atoms with Gasteiger partial charge >= 0.3 is 0 Å². The molecule has 3 rings (SSSR count). The predicted octanol–water partition coefficient (Wildman–Crippen LogP) is 1.48. The number of benzene rings is 1. The zero-order chi connectivity index (χ0) is 12.4. The molecule has 0 saturated carbocycles. The zero-order valence-corrected chi connectivity index (χ0v) is 9.94. The molecule has 2 atom stereocenters. The highest BCUT2D eigenvalue weighted by molar-refractivity contribution is 5.32. The molecular formula is C13H15N3O2. The molecule has 1 aliphatic rings. The molecule has 1 N–H and O–H groups in total. The van der Waals surface area contributed by atoms with Crippen LogP contribution in [0.2, 0.25) is 0 Å². The van der Waals surface area contributed by atoms with Gasteiger partial charge in [-0.25, -0.2) is 4.68 Å². The molecule has 1 aromatic carbocycles. The van der Waals surface area contributed by atoms with Gasteiger partial charge in [0.15, 0.2) is 0 Å². The number of aromatic nitrogens is 3. The molecule has 2 unspecified atom stereocenters. The van der Waals surface area contributed by atoms with Crippen LogP contribution in [0.3, 0.4) is 0 Å². The minimum absolute atomic E-state index is 0.147. The Morgan fingerprint density at radius 1 is 1.33 bits per heavy atom. The number of aliphatic hydroxyl groups excluding tert-OH is 1. The number of nitrogens with zero attached hydrogens (tertiary/aromatic N) is 3. The fraction of sp³-hybridized carbons (Fsp3) is 0.385. The predicted molar refractivity (Wildman–Crippen MR) is 65.3 cm³/mol. The van der Waals surface area contributed by atoms with E-state index in [0.29, 0.717) is 12.3 Å². The molecule has 5 heteroatoms. The van der Waals surface area contributed by atoms with Crippen molar-refractivity contribution in [3.8, 4) is 5.69 Å². The van der Waals surface area contributed by atoms with Gasteiger partial charge in [-0.15, -0.1) is 5.10 Å². The highest BCUT2D eigenvalue weighted by Gasteiger charge is 2.28. The maximum atomic E-state index is 10.3. The Morgan fingerprint density at radius 2 is 2.17 bits per heavy atom. The molecule has 0 bridgehead atoms. The monoisotopic (exact) mass is 245 g/mol. The van der Waals surface area contributed by atoms with Crippen molar-refractivity contribution in [3.05, 3.63) is 42.2 Å². The quantitative estimate of drug-likeness (QED) is 0.889. The number of hydrogen-bond donors (Lipinski definition) is 1. The number of rotatable bonds is 3. The van der Waals surface area contributed by atoms with Crippen molar-refractivity contribution in [2.24, 2.45) is 0 Å². The van der Waals surface area contributed by atoms with Crippen molar-refractivity contribution in [1.29, 1.82) is 0 Å². The van der Waals surface area contributed by atoms with Gasteiger partial charge in [-0.05, 0) is 25.0 Å². The van der Waals surface area contributed by atoms with Crippen molar-refractivity contribution < 1.29 is 9.84 Å². The second-order valence-corrected chi connectivity index (χ2v) is 4.40. The molecule has 0 aliphatic carbocycles. The Morgan fingerprint density at radius 3 is 2.89 bits per heavy atom. The summed E-state index contributed by atoms with van der Waals surface area (Å²) in [5, 5.41) is 18.2. The summed E-state index contributed by atoms with van der Waals surface area (Å²) in [7, 11) is 0. The standard InChI is InChI=1S/C13H15N3O2/c17-13(12-7-4-8-18-12)11-9-14-15-16(11)10-5-2-1-3-6-10/h1-3,5-6,9,12-13,17H,4,7-8H2. The SMILES string of the molecule is OC(c1cnnn1-c1ccccc1)C1CCCO1. The van der Waals surface area contributed by atoms with Crippen LogP contribution in [0, 0.1) is 0 Å². The Kier molecular flexibility index (Phi) is 3.08. The Labute approximate surface area is 105 Å². The molecule has 18 heavy (non-hydrogen) atoms. The minimum Gasteiger partial charge on any atom is -0.384 e. The van der Waals surface area contributed by atoms with Crippen LogP contribution in [0.5, 0.6) is 0 Å². The van der Waals surface area contributed by atoms with Crippen molar-refractivity contribution in [2.45, 2.75) is 25.0 Å². The molecule has 1 aromatic heterocycles. The van der Waals surface area contributed by atoms with Crippen LogP contribution in [0.15, 0.2) is 36.5 Å². The number of hydrogen-bond acceptors (Lipinski definition) is 4. The Bertz CT molecular complexity index is 506. The van der Waals surface area contributed by atoms with E-state index in [0.717, 1.165) is 18.5 Å². The van der Waals surface area contributed by atoms with E-state index in [1.807, 2.05) is 30.3 Å². The van der Waals surface area contributed by atoms with Gasteiger partial charge in [0, 0.05) is 6.61 Å². The second kappa shape index (κ2) is 4.88. The Hall–Kier alpha value is -1.72. The van der Waals surface area contributed by atoms with Crippen LogP contribution in [-0.4, -0.2) is 32.8 Å². The van der Waals surface area contributed by atoms with Gasteiger partial charge in [-0.1, -0.05) is 23.4 Å². The van der Waals surface area contributed by atoms with Crippen LogP contribution in [0.1, 0.15) is 24.6 Å². The van der Waals surface area contributed by atoms with Crippen LogP contribution in [0.25, 0.3) is 5.69 Å². The molecule has 1 fully saturated rings. The summed E-state index contributed by atoms with van der Waals surface area (Å²) >= 11 is 0. The highest BCUT2D eigenvalue weighted by Crippen LogP contribution is 2.27. The molecular weight excluding hydrogens is 230 g/mol. The molecule has 94 valence electrons. The first-order valence-electron chi connectivity index (χ1n) is 6.12. The smallest absolute Gasteiger partial charge is 0.124 e. The largest absolute Gasteiger partial charge is 0.384 e. The fourth-order valence-electron chi connectivity index (χ4n) is 2.26. The minimum atomic E-state index is -0.678. The summed E-state index contributed by atoms with van der Waals surface area (Å²) in [4.78, 5) is 0. The zero-order valence-electron chi connectivity index (χ0n) is 9.94. The summed E-state index contributed by atoms with van der Waals surface area (Å²) in [5.41, 5.74) is 1.56. The molecule has 2 aromatic rings. The lowest BCUT2D eigenvalue weighted by atomic mass is 10.1. The van der Waals surface area contributed by atoms with Gasteiger partial charge in [-0.3, -0.25) is 0 Å². The first-order chi connectivity index (χ1) is 8.86. The van der Waals surface area contributed by atoms with E-state index in [1.54, 1.807) is 10.9 Å². The maximum Gasteiger partial charge on any atom is 0.124 e. The number of aliphatic hydroxyl groups is 1. The summed E-state index contributed by atoms with van der Waals surface area (Å²) in [6.07, 6.45) is 2.64. The lowest BCUT2D eigenvalue weighted by Crippen LogP contribution is -2.20. The van der Waals surface area contributed by atoms with E-state index < -0.39 is 6.10 Å².